The van der Waals surface area contributed by atoms with E-state index in [0.29, 0.717) is 0 Å². The minimum Gasteiger partial charge on any atom is -0.391 e. The van der Waals surface area contributed by atoms with Crippen LogP contribution in [0.25, 0.3) is 11.2 Å². The number of ether oxygens (including phenoxy) is 2. The molecule has 0 unspecified atom stereocenters. The van der Waals surface area contributed by atoms with Gasteiger partial charge in [0.1, 0.15) is 12.3 Å². The highest BCUT2D eigenvalue weighted by molar-refractivity contribution is 5.70. The number of nitrogens with one attached hydrogen (secondary N) is 1. The Labute approximate surface area is 130 Å². The number of aliphatic hydroxyl groups is 2. The van der Waals surface area contributed by atoms with Gasteiger partial charge in [-0.1, -0.05) is 13.8 Å². The van der Waals surface area contributed by atoms with E-state index in [1.807, 2.05) is 0 Å². The molecule has 3 heterocycles. The van der Waals surface area contributed by atoms with Gasteiger partial charge in [-0.05, 0) is 0 Å². The van der Waals surface area contributed by atoms with Gasteiger partial charge in [-0.15, -0.1) is 0 Å². The van der Waals surface area contributed by atoms with E-state index in [0.717, 1.165) is 0 Å². The normalized spacial score (nSPS) is 30.1. The number of anilines is 1. The first-order valence-electron chi connectivity index (χ1n) is 7.01. The van der Waals surface area contributed by atoms with Crippen molar-refractivity contribution in [2.24, 2.45) is 5.41 Å². The van der Waals surface area contributed by atoms with E-state index in [2.05, 4.69) is 15.0 Å². The molecule has 10 nitrogen and oxygen atoms in total. The molecule has 10 heteroatoms. The lowest BCUT2D eigenvalue weighted by Crippen LogP contribution is -2.48. The van der Waals surface area contributed by atoms with E-state index in [1.54, 1.807) is 13.8 Å². The van der Waals surface area contributed by atoms with E-state index in [-0.39, 0.29) is 17.1 Å². The number of fused-ring (bicyclic) bond motifs is 1. The van der Waals surface area contributed by atoms with Gasteiger partial charge in [-0.3, -0.25) is 14.3 Å². The van der Waals surface area contributed by atoms with Crippen LogP contribution >= 0.6 is 0 Å². The standard InChI is InChI=1S/C13H19N5O5/c1-12(2)9(21)13(4-19,22-3)23-10(12)18-5-15-6-7(18)16-11(14)17-8(6)20/h5,9-10,19,21H,4H2,1-3H3,(H3,14,16,17,20)/t9-,10+,13+/m0/s1. The fourth-order valence-electron chi connectivity index (χ4n) is 2.99. The predicted octanol–water partition coefficient (Wildman–Crippen LogP) is -1.05. The van der Waals surface area contributed by atoms with Gasteiger partial charge in [0, 0.05) is 12.5 Å². The van der Waals surface area contributed by atoms with E-state index in [1.165, 1.54) is 18.0 Å². The Morgan fingerprint density at radius 2 is 2.26 bits per heavy atom. The van der Waals surface area contributed by atoms with Crippen molar-refractivity contribution < 1.29 is 19.7 Å². The van der Waals surface area contributed by atoms with Gasteiger partial charge in [0.2, 0.25) is 11.7 Å². The number of nitrogen functional groups attached to an aromatic ring is 1. The Morgan fingerprint density at radius 3 is 2.83 bits per heavy atom. The summed E-state index contributed by atoms with van der Waals surface area (Å²) in [6.45, 7) is 2.97. The summed E-state index contributed by atoms with van der Waals surface area (Å²) in [6.07, 6.45) is -0.510. The average Bonchev–Trinajstić information content (AvgIpc) is 2.99. The van der Waals surface area contributed by atoms with Crippen LogP contribution in [0.4, 0.5) is 5.95 Å². The molecule has 1 fully saturated rings. The maximum Gasteiger partial charge on any atom is 0.280 e. The number of rotatable bonds is 3. The molecule has 2 aromatic heterocycles. The fourth-order valence-corrected chi connectivity index (χ4v) is 2.99. The van der Waals surface area contributed by atoms with Gasteiger partial charge in [0.15, 0.2) is 11.2 Å². The molecule has 0 aliphatic carbocycles. The third-order valence-electron chi connectivity index (χ3n) is 4.34. The highest BCUT2D eigenvalue weighted by Crippen LogP contribution is 2.50. The topological polar surface area (TPSA) is 149 Å². The van der Waals surface area contributed by atoms with Gasteiger partial charge in [0.05, 0.1) is 12.9 Å². The van der Waals surface area contributed by atoms with Crippen molar-refractivity contribution in [1.29, 1.82) is 0 Å². The Bertz CT molecular complexity index is 794. The van der Waals surface area contributed by atoms with Crippen molar-refractivity contribution in [3.63, 3.8) is 0 Å². The largest absolute Gasteiger partial charge is 0.391 e. The number of hydrogen-bond donors (Lipinski definition) is 4. The van der Waals surface area contributed by atoms with Crippen LogP contribution < -0.4 is 11.3 Å². The molecule has 23 heavy (non-hydrogen) atoms. The van der Waals surface area contributed by atoms with Crippen molar-refractivity contribution in [3.8, 4) is 0 Å². The number of nitrogens with two attached hydrogens (primary N) is 1. The molecule has 1 aliphatic heterocycles. The molecule has 3 atom stereocenters. The second-order valence-corrected chi connectivity index (χ2v) is 6.14. The van der Waals surface area contributed by atoms with E-state index >= 15 is 0 Å². The van der Waals surface area contributed by atoms with Gasteiger partial charge >= 0.3 is 0 Å². The summed E-state index contributed by atoms with van der Waals surface area (Å²) in [7, 11) is 1.34. The van der Waals surface area contributed by atoms with E-state index in [4.69, 9.17) is 15.2 Å². The quantitative estimate of drug-likeness (QED) is 0.559. The second kappa shape index (κ2) is 4.99. The van der Waals surface area contributed by atoms with Gasteiger partial charge in [0.25, 0.3) is 5.56 Å². The van der Waals surface area contributed by atoms with Crippen molar-refractivity contribution in [3.05, 3.63) is 16.7 Å². The summed E-state index contributed by atoms with van der Waals surface area (Å²) in [4.78, 5) is 22.4. The van der Waals surface area contributed by atoms with Crippen LogP contribution in [-0.2, 0) is 9.47 Å². The number of hydrogen-bond acceptors (Lipinski definition) is 8. The number of nitrogens with zero attached hydrogens (tertiary/aromatic N) is 3. The molecular weight excluding hydrogens is 306 g/mol. The molecule has 0 aromatic carbocycles. The van der Waals surface area contributed by atoms with Crippen LogP contribution in [0.2, 0.25) is 0 Å². The minimum absolute atomic E-state index is 0.0548. The zero-order valence-corrected chi connectivity index (χ0v) is 13.0. The molecule has 1 aliphatic rings. The molecule has 2 aromatic rings. The highest BCUT2D eigenvalue weighted by Gasteiger charge is 2.60. The summed E-state index contributed by atoms with van der Waals surface area (Å²) in [5.41, 5.74) is 4.59. The third-order valence-corrected chi connectivity index (χ3v) is 4.34. The number of aliphatic hydroxyl groups excluding tert-OH is 2. The smallest absolute Gasteiger partial charge is 0.280 e. The molecule has 0 spiro atoms. The summed E-state index contributed by atoms with van der Waals surface area (Å²) in [5.74, 6) is -1.63. The SMILES string of the molecule is CO[C@]1(CO)O[C@@H](n2cnc3c(=O)[nH]c(N)nc32)C(C)(C)[C@@H]1O. The summed E-state index contributed by atoms with van der Waals surface area (Å²) in [6, 6.07) is 0. The minimum atomic E-state index is -1.57. The number of methoxy groups -OCH3 is 1. The van der Waals surface area contributed by atoms with Crippen LogP contribution in [-0.4, -0.2) is 55.3 Å². The Kier molecular flexibility index (Phi) is 3.45. The number of aromatic amines is 1. The molecule has 0 saturated carbocycles. The monoisotopic (exact) mass is 325 g/mol. The molecule has 0 amide bonds. The molecule has 3 rings (SSSR count). The van der Waals surface area contributed by atoms with Crippen LogP contribution in [0, 0.1) is 5.41 Å². The molecule has 0 radical (unpaired) electrons. The van der Waals surface area contributed by atoms with Gasteiger partial charge in [-0.2, -0.15) is 4.98 Å². The fraction of sp³-hybridized carbons (Fsp3) is 0.615. The van der Waals surface area contributed by atoms with Gasteiger partial charge in [-0.25, -0.2) is 4.98 Å². The molecular formula is C13H19N5O5. The van der Waals surface area contributed by atoms with Crippen molar-refractivity contribution in [2.45, 2.75) is 32.0 Å². The lowest BCUT2D eigenvalue weighted by molar-refractivity contribution is -0.269. The molecule has 0 bridgehead atoms. The number of aromatic nitrogens is 4. The summed E-state index contributed by atoms with van der Waals surface area (Å²) >= 11 is 0. The van der Waals surface area contributed by atoms with Crippen molar-refractivity contribution >= 4 is 17.1 Å². The van der Waals surface area contributed by atoms with E-state index < -0.39 is 35.7 Å². The van der Waals surface area contributed by atoms with Crippen molar-refractivity contribution in [1.82, 2.24) is 19.5 Å². The number of imidazole rings is 1. The van der Waals surface area contributed by atoms with Crippen LogP contribution in [0.5, 0.6) is 0 Å². The number of H-pyrrole nitrogens is 1. The van der Waals surface area contributed by atoms with Crippen LogP contribution in [0.3, 0.4) is 0 Å². The van der Waals surface area contributed by atoms with Crippen molar-refractivity contribution in [2.75, 3.05) is 19.5 Å². The zero-order valence-electron chi connectivity index (χ0n) is 13.0. The Morgan fingerprint density at radius 1 is 1.57 bits per heavy atom. The molecule has 126 valence electrons. The Balaban J connectivity index is 2.17. The zero-order chi connectivity index (χ0) is 17.0. The average molecular weight is 325 g/mol. The molecule has 5 N–H and O–H groups in total. The third kappa shape index (κ3) is 2.06. The first-order chi connectivity index (χ1) is 10.8. The summed E-state index contributed by atoms with van der Waals surface area (Å²) in [5, 5.41) is 20.2. The maximum absolute atomic E-state index is 11.9. The second-order valence-electron chi connectivity index (χ2n) is 6.14. The van der Waals surface area contributed by atoms with Gasteiger partial charge < -0.3 is 25.4 Å². The first-order valence-corrected chi connectivity index (χ1v) is 7.01. The van der Waals surface area contributed by atoms with Crippen LogP contribution in [0.15, 0.2) is 11.1 Å². The highest BCUT2D eigenvalue weighted by atomic mass is 16.7. The predicted molar refractivity (Wildman–Crippen MR) is 79.3 cm³/mol. The lowest BCUT2D eigenvalue weighted by Gasteiger charge is -2.31. The Hall–Kier alpha value is -2.01. The van der Waals surface area contributed by atoms with E-state index in [9.17, 15) is 15.0 Å². The first kappa shape index (κ1) is 15.9. The lowest BCUT2D eigenvalue weighted by atomic mass is 9.83. The molecule has 1 saturated heterocycles. The summed E-state index contributed by atoms with van der Waals surface area (Å²) < 4.78 is 12.5. The maximum atomic E-state index is 11.9. The van der Waals surface area contributed by atoms with Crippen LogP contribution in [0.1, 0.15) is 20.1 Å².